The van der Waals surface area contributed by atoms with Gasteiger partial charge in [0, 0.05) is 6.54 Å². The highest BCUT2D eigenvalue weighted by molar-refractivity contribution is 6.03. The number of rotatable bonds is 7. The Morgan fingerprint density at radius 1 is 1.26 bits per heavy atom. The maximum atomic E-state index is 13.1. The molecular weight excluding hydrogens is 294 g/mol. The molecule has 0 aromatic heterocycles. The monoisotopic (exact) mass is 321 g/mol. The minimum absolute atomic E-state index is 0.000549. The zero-order valence-corrected chi connectivity index (χ0v) is 14.5. The van der Waals surface area contributed by atoms with Gasteiger partial charge in [-0.1, -0.05) is 27.2 Å². The van der Waals surface area contributed by atoms with Gasteiger partial charge in [0.1, 0.15) is 0 Å². The number of unbranched alkanes of at least 4 members (excludes halogenated alkanes) is 1. The van der Waals surface area contributed by atoms with Crippen molar-refractivity contribution in [2.75, 3.05) is 18.6 Å². The highest BCUT2D eigenvalue weighted by Gasteiger charge is 2.46. The first-order valence-electron chi connectivity index (χ1n) is 8.39. The summed E-state index contributed by atoms with van der Waals surface area (Å²) in [6.45, 7) is 6.58. The van der Waals surface area contributed by atoms with Gasteiger partial charge in [0.2, 0.25) is 0 Å². The largest absolute Gasteiger partial charge is 0.493 e. The van der Waals surface area contributed by atoms with E-state index in [9.17, 15) is 9.90 Å². The molecule has 0 spiro atoms. The van der Waals surface area contributed by atoms with Crippen molar-refractivity contribution >= 4 is 11.6 Å². The highest BCUT2D eigenvalue weighted by atomic mass is 16.5. The Hall–Kier alpha value is -1.75. The summed E-state index contributed by atoms with van der Waals surface area (Å²) in [4.78, 5) is 14.9. The number of aliphatic hydroxyl groups excluding tert-OH is 1. The van der Waals surface area contributed by atoms with Crippen LogP contribution in [-0.4, -0.2) is 30.3 Å². The van der Waals surface area contributed by atoms with Crippen molar-refractivity contribution in [3.8, 4) is 11.5 Å². The molecule has 128 valence electrons. The van der Waals surface area contributed by atoms with Crippen molar-refractivity contribution in [3.05, 3.63) is 17.7 Å². The first-order chi connectivity index (χ1) is 11.1. The fourth-order valence-corrected chi connectivity index (χ4v) is 3.02. The Morgan fingerprint density at radius 2 is 1.96 bits per heavy atom. The van der Waals surface area contributed by atoms with Gasteiger partial charge in [0.05, 0.1) is 19.4 Å². The van der Waals surface area contributed by atoms with E-state index in [4.69, 9.17) is 9.47 Å². The third-order valence-electron chi connectivity index (χ3n) is 4.60. The Kier molecular flexibility index (Phi) is 5.52. The Labute approximate surface area is 138 Å². The summed E-state index contributed by atoms with van der Waals surface area (Å²) in [7, 11) is 1.58. The summed E-state index contributed by atoms with van der Waals surface area (Å²) in [6.07, 6.45) is 3.13. The Balaban J connectivity index is 2.60. The third-order valence-corrected chi connectivity index (χ3v) is 4.60. The average Bonchev–Trinajstić information content (AvgIpc) is 2.59. The predicted molar refractivity (Wildman–Crippen MR) is 90.1 cm³/mol. The normalized spacial score (nSPS) is 16.0. The first-order valence-corrected chi connectivity index (χ1v) is 8.39. The van der Waals surface area contributed by atoms with E-state index >= 15 is 0 Å². The van der Waals surface area contributed by atoms with E-state index in [1.165, 1.54) is 0 Å². The summed E-state index contributed by atoms with van der Waals surface area (Å²) in [5.41, 5.74) is 0.567. The Bertz CT molecular complexity index is 566. The van der Waals surface area contributed by atoms with Gasteiger partial charge >= 0.3 is 0 Å². The number of hydrogen-bond acceptors (Lipinski definition) is 4. The van der Waals surface area contributed by atoms with E-state index < -0.39 is 5.60 Å². The van der Waals surface area contributed by atoms with Crippen molar-refractivity contribution < 1.29 is 19.4 Å². The molecule has 1 aliphatic heterocycles. The number of fused-ring (bicyclic) bond motifs is 1. The number of carbonyl (C=O) groups excluding carboxylic acids is 1. The molecule has 0 saturated heterocycles. The lowest BCUT2D eigenvalue weighted by molar-refractivity contribution is -0.136. The SMILES string of the molecule is CCCCN1C(=O)C(CC)(CC)Oc2c(OC)cc(CO)cc21. The van der Waals surface area contributed by atoms with Gasteiger partial charge in [-0.25, -0.2) is 0 Å². The van der Waals surface area contributed by atoms with E-state index in [0.29, 0.717) is 42.1 Å². The molecule has 1 heterocycles. The summed E-state index contributed by atoms with van der Waals surface area (Å²) >= 11 is 0. The van der Waals surface area contributed by atoms with Crippen LogP contribution in [0.15, 0.2) is 12.1 Å². The van der Waals surface area contributed by atoms with Crippen LogP contribution in [0.2, 0.25) is 0 Å². The fourth-order valence-electron chi connectivity index (χ4n) is 3.02. The van der Waals surface area contributed by atoms with Crippen molar-refractivity contribution in [3.63, 3.8) is 0 Å². The molecule has 0 bridgehead atoms. The minimum atomic E-state index is -0.839. The number of nitrogens with zero attached hydrogens (tertiary/aromatic N) is 1. The quantitative estimate of drug-likeness (QED) is 0.837. The second-order valence-electron chi connectivity index (χ2n) is 5.92. The molecule has 1 amide bonds. The molecule has 0 atom stereocenters. The molecule has 5 heteroatoms. The minimum Gasteiger partial charge on any atom is -0.493 e. The van der Waals surface area contributed by atoms with Crippen LogP contribution in [0.3, 0.4) is 0 Å². The van der Waals surface area contributed by atoms with Crippen molar-refractivity contribution in [2.45, 2.75) is 58.7 Å². The van der Waals surface area contributed by atoms with E-state index in [0.717, 1.165) is 12.8 Å². The molecule has 1 aromatic rings. The lowest BCUT2D eigenvalue weighted by Gasteiger charge is -2.42. The van der Waals surface area contributed by atoms with Crippen molar-refractivity contribution in [1.29, 1.82) is 0 Å². The van der Waals surface area contributed by atoms with Crippen LogP contribution in [0, 0.1) is 0 Å². The smallest absolute Gasteiger partial charge is 0.271 e. The van der Waals surface area contributed by atoms with E-state index in [1.54, 1.807) is 18.1 Å². The number of aliphatic hydroxyl groups is 1. The standard InChI is InChI=1S/C18H27NO4/c1-5-8-9-19-14-10-13(12-20)11-15(22-4)16(14)23-18(6-2,7-3)17(19)21/h10-11,20H,5-9,12H2,1-4H3. The van der Waals surface area contributed by atoms with Crippen LogP contribution in [0.5, 0.6) is 11.5 Å². The maximum Gasteiger partial charge on any atom is 0.271 e. The van der Waals surface area contributed by atoms with Gasteiger partial charge in [-0.3, -0.25) is 4.79 Å². The predicted octanol–water partition coefficient (Wildman–Crippen LogP) is 3.27. The topological polar surface area (TPSA) is 59.0 Å². The second-order valence-corrected chi connectivity index (χ2v) is 5.92. The number of benzene rings is 1. The lowest BCUT2D eigenvalue weighted by Crippen LogP contribution is -2.55. The van der Waals surface area contributed by atoms with Crippen LogP contribution in [0.25, 0.3) is 0 Å². The molecule has 2 rings (SSSR count). The molecule has 1 aliphatic rings. The highest BCUT2D eigenvalue weighted by Crippen LogP contribution is 2.47. The van der Waals surface area contributed by atoms with Crippen molar-refractivity contribution in [1.82, 2.24) is 0 Å². The van der Waals surface area contributed by atoms with Crippen LogP contribution < -0.4 is 14.4 Å². The zero-order valence-electron chi connectivity index (χ0n) is 14.5. The molecule has 1 aromatic carbocycles. The van der Waals surface area contributed by atoms with Gasteiger partial charge in [-0.15, -0.1) is 0 Å². The summed E-state index contributed by atoms with van der Waals surface area (Å²) in [6, 6.07) is 3.59. The van der Waals surface area contributed by atoms with E-state index in [2.05, 4.69) is 6.92 Å². The number of anilines is 1. The molecule has 23 heavy (non-hydrogen) atoms. The summed E-state index contributed by atoms with van der Waals surface area (Å²) < 4.78 is 11.6. The van der Waals surface area contributed by atoms with Gasteiger partial charge in [-0.05, 0) is 37.0 Å². The third kappa shape index (κ3) is 3.02. The fraction of sp³-hybridized carbons (Fsp3) is 0.611. The van der Waals surface area contributed by atoms with Crippen LogP contribution in [-0.2, 0) is 11.4 Å². The van der Waals surface area contributed by atoms with Gasteiger partial charge in [0.15, 0.2) is 17.1 Å². The molecule has 0 radical (unpaired) electrons. The van der Waals surface area contributed by atoms with Crippen LogP contribution >= 0.6 is 0 Å². The Morgan fingerprint density at radius 3 is 2.48 bits per heavy atom. The zero-order chi connectivity index (χ0) is 17.0. The molecule has 0 fully saturated rings. The second kappa shape index (κ2) is 7.21. The van der Waals surface area contributed by atoms with Gasteiger partial charge < -0.3 is 19.5 Å². The summed E-state index contributed by atoms with van der Waals surface area (Å²) in [5.74, 6) is 1.16. The number of carbonyl (C=O) groups is 1. The number of hydrogen-bond donors (Lipinski definition) is 1. The average molecular weight is 321 g/mol. The molecule has 5 nitrogen and oxygen atoms in total. The maximum absolute atomic E-state index is 13.1. The molecule has 0 saturated carbocycles. The number of ether oxygens (including phenoxy) is 2. The van der Waals surface area contributed by atoms with Crippen LogP contribution in [0.1, 0.15) is 52.0 Å². The molecule has 1 N–H and O–H groups in total. The summed E-state index contributed by atoms with van der Waals surface area (Å²) in [5, 5.41) is 9.48. The van der Waals surface area contributed by atoms with Gasteiger partial charge in [-0.2, -0.15) is 0 Å². The lowest BCUT2D eigenvalue weighted by atomic mass is 9.92. The molecule has 0 unspecified atom stereocenters. The van der Waals surface area contributed by atoms with Gasteiger partial charge in [0.25, 0.3) is 5.91 Å². The number of methoxy groups -OCH3 is 1. The van der Waals surface area contributed by atoms with E-state index in [1.807, 2.05) is 19.9 Å². The molecule has 0 aliphatic carbocycles. The van der Waals surface area contributed by atoms with E-state index in [-0.39, 0.29) is 12.5 Å². The van der Waals surface area contributed by atoms with Crippen LogP contribution in [0.4, 0.5) is 5.69 Å². The van der Waals surface area contributed by atoms with Crippen molar-refractivity contribution in [2.24, 2.45) is 0 Å². The first kappa shape index (κ1) is 17.6. The molecular formula is C18H27NO4. The number of amides is 1.